The maximum Gasteiger partial charge on any atom is 0.316 e. The van der Waals surface area contributed by atoms with Crippen LogP contribution in [0.25, 0.3) is 0 Å². The van der Waals surface area contributed by atoms with Crippen molar-refractivity contribution in [3.05, 3.63) is 62.2 Å². The summed E-state index contributed by atoms with van der Waals surface area (Å²) < 4.78 is 5.94. The third-order valence-corrected chi connectivity index (χ3v) is 5.48. The Labute approximate surface area is 187 Å². The van der Waals surface area contributed by atoms with Gasteiger partial charge in [-0.25, -0.2) is 0 Å². The van der Waals surface area contributed by atoms with Gasteiger partial charge in [-0.2, -0.15) is 0 Å². The van der Waals surface area contributed by atoms with E-state index in [1.54, 1.807) is 19.1 Å². The molecule has 2 amide bonds. The zero-order valence-corrected chi connectivity index (χ0v) is 18.8. The molecule has 0 aliphatic carbocycles. The molecule has 3 rings (SSSR count). The molecule has 2 aromatic carbocycles. The van der Waals surface area contributed by atoms with Gasteiger partial charge in [0.05, 0.1) is 19.6 Å². The van der Waals surface area contributed by atoms with Crippen molar-refractivity contribution in [1.82, 2.24) is 4.90 Å². The van der Waals surface area contributed by atoms with Gasteiger partial charge in [-0.15, -0.1) is 0 Å². The highest BCUT2D eigenvalue weighted by molar-refractivity contribution is 14.1. The second kappa shape index (κ2) is 9.58. The Morgan fingerprint density at radius 2 is 1.86 bits per heavy atom. The summed E-state index contributed by atoms with van der Waals surface area (Å²) in [4.78, 5) is 40.5. The van der Waals surface area contributed by atoms with E-state index in [0.717, 1.165) is 14.7 Å². The van der Waals surface area contributed by atoms with Crippen LogP contribution >= 0.6 is 34.2 Å². The molecule has 0 saturated heterocycles. The summed E-state index contributed by atoms with van der Waals surface area (Å²) in [7, 11) is 0. The van der Waals surface area contributed by atoms with E-state index in [1.807, 2.05) is 30.3 Å². The molecule has 0 fully saturated rings. The van der Waals surface area contributed by atoms with E-state index in [2.05, 4.69) is 22.6 Å². The number of carbonyl (C=O) groups is 3. The van der Waals surface area contributed by atoms with Crippen molar-refractivity contribution in [3.63, 3.8) is 0 Å². The quantitative estimate of drug-likeness (QED) is 0.327. The number of benzene rings is 2. The molecule has 8 heteroatoms. The maximum atomic E-state index is 13.0. The number of carbonyl (C=O) groups excluding carboxylic acids is 3. The number of rotatable bonds is 6. The molecular formula is C21H20ClIN2O4. The molecule has 6 nitrogen and oxygen atoms in total. The van der Waals surface area contributed by atoms with Gasteiger partial charge in [0, 0.05) is 27.4 Å². The molecule has 29 heavy (non-hydrogen) atoms. The molecule has 0 N–H and O–H groups in total. The van der Waals surface area contributed by atoms with E-state index >= 15 is 0 Å². The molecule has 0 aromatic heterocycles. The molecule has 2 aromatic rings. The standard InChI is InChI=1S/C21H20ClIN2O4/c1-2-29-19(26)9-10-24-13-15-11-17(23)7-8-18(15)25(21(28)20(24)27)12-14-3-5-16(22)6-4-14/h3-8,11H,2,9-10,12-13H2,1H3. The summed E-state index contributed by atoms with van der Waals surface area (Å²) in [6, 6.07) is 12.9. The number of halogens is 2. The molecule has 0 saturated carbocycles. The van der Waals surface area contributed by atoms with Crippen LogP contribution in [0.15, 0.2) is 42.5 Å². The minimum absolute atomic E-state index is 0.0449. The summed E-state index contributed by atoms with van der Waals surface area (Å²) in [5, 5.41) is 0.604. The summed E-state index contributed by atoms with van der Waals surface area (Å²) in [6.07, 6.45) is 0.0449. The molecular weight excluding hydrogens is 507 g/mol. The van der Waals surface area contributed by atoms with Crippen molar-refractivity contribution in [3.8, 4) is 0 Å². The van der Waals surface area contributed by atoms with Crippen molar-refractivity contribution in [2.45, 2.75) is 26.4 Å². The van der Waals surface area contributed by atoms with Crippen LogP contribution in [0, 0.1) is 3.57 Å². The minimum atomic E-state index is -0.630. The maximum absolute atomic E-state index is 13.0. The lowest BCUT2D eigenvalue weighted by molar-refractivity contribution is -0.147. The fourth-order valence-electron chi connectivity index (χ4n) is 3.15. The Morgan fingerprint density at radius 3 is 2.55 bits per heavy atom. The first-order chi connectivity index (χ1) is 13.9. The van der Waals surface area contributed by atoms with Gasteiger partial charge in [0.25, 0.3) is 0 Å². The number of esters is 1. The van der Waals surface area contributed by atoms with Gasteiger partial charge in [0.2, 0.25) is 0 Å². The lowest BCUT2D eigenvalue weighted by atomic mass is 10.1. The van der Waals surface area contributed by atoms with Crippen molar-refractivity contribution in [2.75, 3.05) is 18.1 Å². The lowest BCUT2D eigenvalue weighted by Gasteiger charge is -2.22. The van der Waals surface area contributed by atoms with Crippen LogP contribution in [0.5, 0.6) is 0 Å². The van der Waals surface area contributed by atoms with Crippen LogP contribution in [-0.2, 0) is 32.2 Å². The highest BCUT2D eigenvalue weighted by Crippen LogP contribution is 2.29. The summed E-state index contributed by atoms with van der Waals surface area (Å²) in [6.45, 7) is 2.64. The summed E-state index contributed by atoms with van der Waals surface area (Å²) >= 11 is 8.15. The van der Waals surface area contributed by atoms with E-state index in [0.29, 0.717) is 10.7 Å². The van der Waals surface area contributed by atoms with Gasteiger partial charge >= 0.3 is 17.8 Å². The second-order valence-corrected chi connectivity index (χ2v) is 8.25. The van der Waals surface area contributed by atoms with Crippen molar-refractivity contribution >= 4 is 57.7 Å². The monoisotopic (exact) mass is 526 g/mol. The first-order valence-electron chi connectivity index (χ1n) is 9.18. The molecule has 0 atom stereocenters. The fraction of sp³-hybridized carbons (Fsp3) is 0.286. The number of anilines is 1. The normalized spacial score (nSPS) is 13.9. The van der Waals surface area contributed by atoms with Gasteiger partial charge in [-0.1, -0.05) is 23.7 Å². The number of hydrogen-bond acceptors (Lipinski definition) is 4. The first kappa shape index (κ1) is 21.6. The Morgan fingerprint density at radius 1 is 1.14 bits per heavy atom. The molecule has 1 aliphatic rings. The van der Waals surface area contributed by atoms with Gasteiger partial charge in [-0.3, -0.25) is 19.3 Å². The van der Waals surface area contributed by atoms with Crippen LogP contribution in [-0.4, -0.2) is 35.8 Å². The van der Waals surface area contributed by atoms with Gasteiger partial charge < -0.3 is 9.64 Å². The number of nitrogens with zero attached hydrogens (tertiary/aromatic N) is 2. The molecule has 0 unspecified atom stereocenters. The van der Waals surface area contributed by atoms with E-state index in [1.165, 1.54) is 9.80 Å². The minimum Gasteiger partial charge on any atom is -0.466 e. The Balaban J connectivity index is 1.90. The van der Waals surface area contributed by atoms with Crippen LogP contribution in [0.1, 0.15) is 24.5 Å². The van der Waals surface area contributed by atoms with E-state index in [-0.39, 0.29) is 32.7 Å². The molecule has 0 spiro atoms. The number of ether oxygens (including phenoxy) is 1. The Hall–Kier alpha value is -2.13. The molecule has 152 valence electrons. The summed E-state index contributed by atoms with van der Waals surface area (Å²) in [5.74, 6) is -1.64. The fourth-order valence-corrected chi connectivity index (χ4v) is 3.83. The predicted molar refractivity (Wildman–Crippen MR) is 118 cm³/mol. The number of hydrogen-bond donors (Lipinski definition) is 0. The zero-order chi connectivity index (χ0) is 21.0. The number of fused-ring (bicyclic) bond motifs is 1. The highest BCUT2D eigenvalue weighted by atomic mass is 127. The van der Waals surface area contributed by atoms with Gasteiger partial charge in [0.15, 0.2) is 0 Å². The van der Waals surface area contributed by atoms with E-state index < -0.39 is 17.8 Å². The molecule has 0 radical (unpaired) electrons. The van der Waals surface area contributed by atoms with Crippen molar-refractivity contribution in [1.29, 1.82) is 0 Å². The molecule has 1 aliphatic heterocycles. The van der Waals surface area contributed by atoms with Crippen LogP contribution in [0.2, 0.25) is 5.02 Å². The smallest absolute Gasteiger partial charge is 0.316 e. The van der Waals surface area contributed by atoms with Gasteiger partial charge in [0.1, 0.15) is 0 Å². The third-order valence-electron chi connectivity index (χ3n) is 4.55. The SMILES string of the molecule is CCOC(=O)CCN1Cc2cc(I)ccc2N(Cc2ccc(Cl)cc2)C(=O)C1=O. The van der Waals surface area contributed by atoms with Gasteiger partial charge in [-0.05, 0) is 71.0 Å². The highest BCUT2D eigenvalue weighted by Gasteiger charge is 2.33. The summed E-state index contributed by atoms with van der Waals surface area (Å²) in [5.41, 5.74) is 2.41. The first-order valence-corrected chi connectivity index (χ1v) is 10.6. The van der Waals surface area contributed by atoms with E-state index in [9.17, 15) is 14.4 Å². The second-order valence-electron chi connectivity index (χ2n) is 6.57. The molecule has 0 bridgehead atoms. The van der Waals surface area contributed by atoms with Crippen molar-refractivity contribution in [2.24, 2.45) is 0 Å². The predicted octanol–water partition coefficient (Wildman–Crippen LogP) is 3.77. The van der Waals surface area contributed by atoms with E-state index in [4.69, 9.17) is 16.3 Å². The van der Waals surface area contributed by atoms with Crippen molar-refractivity contribution < 1.29 is 19.1 Å². The van der Waals surface area contributed by atoms with Crippen LogP contribution in [0.4, 0.5) is 5.69 Å². The number of amides is 2. The largest absolute Gasteiger partial charge is 0.466 e. The molecule has 1 heterocycles. The zero-order valence-electron chi connectivity index (χ0n) is 15.9. The third kappa shape index (κ3) is 5.27. The average Bonchev–Trinajstić information content (AvgIpc) is 2.78. The Kier molecular flexibility index (Phi) is 7.13. The van der Waals surface area contributed by atoms with Crippen LogP contribution < -0.4 is 4.90 Å². The Bertz CT molecular complexity index is 933. The average molecular weight is 527 g/mol. The topological polar surface area (TPSA) is 66.9 Å². The van der Waals surface area contributed by atoms with Crippen LogP contribution in [0.3, 0.4) is 0 Å². The lowest BCUT2D eigenvalue weighted by Crippen LogP contribution is -2.43.